The number of unbranched alkanes of at least 4 members (excludes halogenated alkanes) is 1. The monoisotopic (exact) mass is 169 g/mol. The Labute approximate surface area is 70.6 Å². The topological polar surface area (TPSA) is 70.9 Å². The lowest BCUT2D eigenvalue weighted by Crippen LogP contribution is -2.15. The molecule has 0 aromatic rings. The van der Waals surface area contributed by atoms with Gasteiger partial charge >= 0.3 is 0 Å². The number of nitrogens with zero attached hydrogens (tertiary/aromatic N) is 2. The fourth-order valence-electron chi connectivity index (χ4n) is 0.654. The molecule has 0 radical (unpaired) electrons. The van der Waals surface area contributed by atoms with Crippen molar-refractivity contribution in [1.82, 2.24) is 5.32 Å². The van der Waals surface area contributed by atoms with Crippen LogP contribution in [0.5, 0.6) is 0 Å². The lowest BCUT2D eigenvalue weighted by atomic mass is 10.3. The summed E-state index contributed by atoms with van der Waals surface area (Å²) in [5, 5.41) is 2.89. The van der Waals surface area contributed by atoms with Crippen molar-refractivity contribution in [2.24, 2.45) is 9.98 Å². The number of nitrogens with one attached hydrogen (secondary N) is 1. The molecule has 5 nitrogen and oxygen atoms in total. The maximum Gasteiger partial charge on any atom is 0.236 e. The number of isocyanates is 2. The van der Waals surface area contributed by atoms with E-state index in [-0.39, 0.29) is 0 Å². The Balaban J connectivity index is 3.00. The SMILES string of the molecule is O=C=NCCCCNCN=C=O. The number of hydrogen-bond acceptors (Lipinski definition) is 5. The summed E-state index contributed by atoms with van der Waals surface area (Å²) in [6, 6.07) is 0. The molecule has 1 N–H and O–H groups in total. The Kier molecular flexibility index (Phi) is 8.68. The zero-order chi connectivity index (χ0) is 9.07. The third kappa shape index (κ3) is 8.72. The van der Waals surface area contributed by atoms with Gasteiger partial charge in [0.15, 0.2) is 0 Å². The highest BCUT2D eigenvalue weighted by Gasteiger charge is 1.85. The Morgan fingerprint density at radius 1 is 1.08 bits per heavy atom. The standard InChI is InChI=1S/C7H11N3O2/c11-6-9-4-2-1-3-8-5-10-7-12/h8H,1-5H2. The summed E-state index contributed by atoms with van der Waals surface area (Å²) in [5.74, 6) is 0. The second-order valence-electron chi connectivity index (χ2n) is 2.09. The van der Waals surface area contributed by atoms with Crippen molar-refractivity contribution in [3.8, 4) is 0 Å². The van der Waals surface area contributed by atoms with E-state index in [4.69, 9.17) is 0 Å². The van der Waals surface area contributed by atoms with Gasteiger partial charge in [-0.2, -0.15) is 4.99 Å². The van der Waals surface area contributed by atoms with E-state index in [0.29, 0.717) is 13.2 Å². The molecule has 0 rings (SSSR count). The number of rotatable bonds is 7. The van der Waals surface area contributed by atoms with Crippen LogP contribution in [-0.2, 0) is 9.59 Å². The van der Waals surface area contributed by atoms with Crippen LogP contribution >= 0.6 is 0 Å². The van der Waals surface area contributed by atoms with E-state index in [1.165, 1.54) is 12.2 Å². The quantitative estimate of drug-likeness (QED) is 0.331. The summed E-state index contributed by atoms with van der Waals surface area (Å²) < 4.78 is 0. The van der Waals surface area contributed by atoms with E-state index in [1.54, 1.807) is 0 Å². The van der Waals surface area contributed by atoms with Gasteiger partial charge in [0, 0.05) is 0 Å². The van der Waals surface area contributed by atoms with Gasteiger partial charge in [0.2, 0.25) is 12.2 Å². The zero-order valence-corrected chi connectivity index (χ0v) is 6.75. The summed E-state index contributed by atoms with van der Waals surface area (Å²) in [6.07, 6.45) is 4.63. The molecule has 0 bridgehead atoms. The molecule has 0 unspecified atom stereocenters. The van der Waals surface area contributed by atoms with Gasteiger partial charge in [-0.1, -0.05) is 0 Å². The van der Waals surface area contributed by atoms with Crippen molar-refractivity contribution in [2.45, 2.75) is 12.8 Å². The van der Waals surface area contributed by atoms with Crippen molar-refractivity contribution >= 4 is 12.2 Å². The minimum Gasteiger partial charge on any atom is -0.298 e. The third-order valence-corrected chi connectivity index (χ3v) is 1.19. The van der Waals surface area contributed by atoms with E-state index in [1.807, 2.05) is 0 Å². The molecule has 5 heteroatoms. The summed E-state index contributed by atoms with van der Waals surface area (Å²) in [6.45, 7) is 1.59. The normalized spacial score (nSPS) is 8.33. The largest absolute Gasteiger partial charge is 0.298 e. The summed E-state index contributed by atoms with van der Waals surface area (Å²) in [7, 11) is 0. The van der Waals surface area contributed by atoms with Crippen molar-refractivity contribution in [3.63, 3.8) is 0 Å². The van der Waals surface area contributed by atoms with Gasteiger partial charge in [-0.15, -0.1) is 0 Å². The molecular weight excluding hydrogens is 158 g/mol. The van der Waals surface area contributed by atoms with Crippen molar-refractivity contribution in [2.75, 3.05) is 19.8 Å². The zero-order valence-electron chi connectivity index (χ0n) is 6.75. The summed E-state index contributed by atoms with van der Waals surface area (Å²) in [5.41, 5.74) is 0. The number of carbonyl (C=O) groups excluding carboxylic acids is 2. The average Bonchev–Trinajstić information content (AvgIpc) is 2.10. The van der Waals surface area contributed by atoms with Gasteiger partial charge in [0.25, 0.3) is 0 Å². The van der Waals surface area contributed by atoms with E-state index in [2.05, 4.69) is 15.3 Å². The molecule has 0 saturated heterocycles. The first-order chi connectivity index (χ1) is 5.91. The van der Waals surface area contributed by atoms with Crippen LogP contribution in [0.1, 0.15) is 12.8 Å². The first kappa shape index (κ1) is 10.7. The molecule has 0 atom stereocenters. The predicted molar refractivity (Wildman–Crippen MR) is 43.2 cm³/mol. The van der Waals surface area contributed by atoms with Crippen LogP contribution in [0.4, 0.5) is 0 Å². The molecule has 0 aromatic carbocycles. The molecule has 66 valence electrons. The Bertz CT molecular complexity index is 171. The molecule has 12 heavy (non-hydrogen) atoms. The highest BCUT2D eigenvalue weighted by molar-refractivity contribution is 5.32. The van der Waals surface area contributed by atoms with Crippen LogP contribution in [0, 0.1) is 0 Å². The number of aliphatic imine (C=N–C) groups is 2. The highest BCUT2D eigenvalue weighted by Crippen LogP contribution is 1.86. The minimum absolute atomic E-state index is 0.306. The van der Waals surface area contributed by atoms with E-state index < -0.39 is 0 Å². The highest BCUT2D eigenvalue weighted by atomic mass is 16.1. The van der Waals surface area contributed by atoms with Gasteiger partial charge < -0.3 is 0 Å². The molecule has 0 heterocycles. The third-order valence-electron chi connectivity index (χ3n) is 1.19. The van der Waals surface area contributed by atoms with Crippen LogP contribution in [0.3, 0.4) is 0 Å². The van der Waals surface area contributed by atoms with Gasteiger partial charge in [-0.3, -0.25) is 5.32 Å². The van der Waals surface area contributed by atoms with Gasteiger partial charge in [-0.25, -0.2) is 14.6 Å². The molecule has 0 aliphatic rings. The van der Waals surface area contributed by atoms with Crippen LogP contribution < -0.4 is 5.32 Å². The molecule has 0 aromatic heterocycles. The smallest absolute Gasteiger partial charge is 0.236 e. The first-order valence-electron chi connectivity index (χ1n) is 3.70. The molecular formula is C7H11N3O2. The molecule has 0 aliphatic heterocycles. The molecule has 0 aliphatic carbocycles. The Hall–Kier alpha value is -1.28. The minimum atomic E-state index is 0.306. The van der Waals surface area contributed by atoms with Crippen LogP contribution in [-0.4, -0.2) is 31.9 Å². The second-order valence-corrected chi connectivity index (χ2v) is 2.09. The lowest BCUT2D eigenvalue weighted by Gasteiger charge is -1.96. The molecule has 0 amide bonds. The van der Waals surface area contributed by atoms with Crippen LogP contribution in [0.25, 0.3) is 0 Å². The average molecular weight is 169 g/mol. The van der Waals surface area contributed by atoms with E-state index >= 15 is 0 Å². The summed E-state index contributed by atoms with van der Waals surface area (Å²) >= 11 is 0. The Morgan fingerprint density at radius 3 is 2.50 bits per heavy atom. The fourth-order valence-corrected chi connectivity index (χ4v) is 0.654. The van der Waals surface area contributed by atoms with Crippen LogP contribution in [0.2, 0.25) is 0 Å². The van der Waals surface area contributed by atoms with Crippen molar-refractivity contribution in [3.05, 3.63) is 0 Å². The molecule has 0 spiro atoms. The van der Waals surface area contributed by atoms with Gasteiger partial charge in [0.1, 0.15) is 6.67 Å². The predicted octanol–water partition coefficient (Wildman–Crippen LogP) is -0.0147. The van der Waals surface area contributed by atoms with Crippen molar-refractivity contribution in [1.29, 1.82) is 0 Å². The van der Waals surface area contributed by atoms with Crippen LogP contribution in [0.15, 0.2) is 9.98 Å². The second kappa shape index (κ2) is 9.72. The van der Waals surface area contributed by atoms with Gasteiger partial charge in [0.05, 0.1) is 6.54 Å². The van der Waals surface area contributed by atoms with E-state index in [9.17, 15) is 9.59 Å². The van der Waals surface area contributed by atoms with Gasteiger partial charge in [-0.05, 0) is 19.4 Å². The van der Waals surface area contributed by atoms with E-state index in [0.717, 1.165) is 19.4 Å². The van der Waals surface area contributed by atoms with Crippen molar-refractivity contribution < 1.29 is 9.59 Å². The summed E-state index contributed by atoms with van der Waals surface area (Å²) in [4.78, 5) is 25.9. The first-order valence-corrected chi connectivity index (χ1v) is 3.70. The number of hydrogen-bond donors (Lipinski definition) is 1. The lowest BCUT2D eigenvalue weighted by molar-refractivity contribution is 0.556. The molecule has 0 fully saturated rings. The maximum atomic E-state index is 9.61. The fraction of sp³-hybridized carbons (Fsp3) is 0.714. The molecule has 0 saturated carbocycles. The maximum absolute atomic E-state index is 9.61. The Morgan fingerprint density at radius 2 is 1.83 bits per heavy atom.